The molecule has 8 heteroatoms. The van der Waals surface area contributed by atoms with Gasteiger partial charge >= 0.3 is 0 Å². The zero-order valence-corrected chi connectivity index (χ0v) is 19.4. The van der Waals surface area contributed by atoms with Crippen LogP contribution >= 0.6 is 23.2 Å². The Morgan fingerprint density at radius 3 is 2.33 bits per heavy atom. The molecule has 2 bridgehead atoms. The maximum absolute atomic E-state index is 12.8. The lowest BCUT2D eigenvalue weighted by molar-refractivity contribution is -0.140. The van der Waals surface area contributed by atoms with E-state index >= 15 is 0 Å². The maximum atomic E-state index is 12.8. The van der Waals surface area contributed by atoms with Gasteiger partial charge in [0.05, 0.1) is 29.7 Å². The van der Waals surface area contributed by atoms with Crippen molar-refractivity contribution in [1.82, 2.24) is 5.01 Å². The lowest BCUT2D eigenvalue weighted by atomic mass is 9.85. The van der Waals surface area contributed by atoms with Gasteiger partial charge < -0.3 is 9.47 Å². The molecule has 5 rings (SSSR count). The van der Waals surface area contributed by atoms with Crippen molar-refractivity contribution in [1.29, 1.82) is 0 Å². The zero-order valence-electron chi connectivity index (χ0n) is 17.9. The molecular weight excluding hydrogens is 463 g/mol. The normalized spacial score (nSPS) is 25.4. The molecule has 2 aromatic carbocycles. The first kappa shape index (κ1) is 22.0. The van der Waals surface area contributed by atoms with Crippen LogP contribution in [0.1, 0.15) is 24.5 Å². The van der Waals surface area contributed by atoms with E-state index in [1.807, 2.05) is 19.1 Å². The monoisotopic (exact) mass is 484 g/mol. The van der Waals surface area contributed by atoms with E-state index in [-0.39, 0.29) is 35.5 Å². The summed E-state index contributed by atoms with van der Waals surface area (Å²) in [5.74, 6) is 0.149. The Hall–Kier alpha value is -2.83. The molecule has 4 unspecified atom stereocenters. The van der Waals surface area contributed by atoms with Crippen LogP contribution in [0.4, 0.5) is 0 Å². The van der Waals surface area contributed by atoms with Crippen LogP contribution in [0.5, 0.6) is 11.5 Å². The topological polar surface area (TPSA) is 68.2 Å². The third kappa shape index (κ3) is 4.02. The van der Waals surface area contributed by atoms with Crippen LogP contribution in [0.25, 0.3) is 0 Å². The number of allylic oxidation sites excluding steroid dienone is 2. The lowest BCUT2D eigenvalue weighted by Crippen LogP contribution is -2.28. The molecule has 0 radical (unpaired) electrons. The first-order valence-corrected chi connectivity index (χ1v) is 11.7. The minimum atomic E-state index is -0.282. The van der Waals surface area contributed by atoms with E-state index in [9.17, 15) is 9.59 Å². The fourth-order valence-corrected chi connectivity index (χ4v) is 5.33. The van der Waals surface area contributed by atoms with Gasteiger partial charge in [0.2, 0.25) is 0 Å². The second-order valence-corrected chi connectivity index (χ2v) is 9.25. The van der Waals surface area contributed by atoms with Crippen molar-refractivity contribution in [3.8, 4) is 11.5 Å². The van der Waals surface area contributed by atoms with Gasteiger partial charge in [0, 0.05) is 5.02 Å². The molecule has 33 heavy (non-hydrogen) atoms. The second kappa shape index (κ2) is 8.84. The third-order valence-electron chi connectivity index (χ3n) is 6.40. The SMILES string of the molecule is CCOc1cc(C=NN2C(=O)C3C4C=CC(C4)C3C2=O)cc(Cl)c1OCc1ccc(Cl)cc1. The van der Waals surface area contributed by atoms with Crippen LogP contribution in [-0.2, 0) is 16.2 Å². The molecule has 0 aromatic heterocycles. The van der Waals surface area contributed by atoms with Gasteiger partial charge in [0.25, 0.3) is 11.8 Å². The molecule has 1 saturated carbocycles. The Morgan fingerprint density at radius 1 is 1.03 bits per heavy atom. The molecule has 0 N–H and O–H groups in total. The van der Waals surface area contributed by atoms with Crippen LogP contribution in [0, 0.1) is 23.7 Å². The molecule has 2 fully saturated rings. The largest absolute Gasteiger partial charge is 0.490 e. The third-order valence-corrected chi connectivity index (χ3v) is 6.93. The Kier molecular flexibility index (Phi) is 5.89. The number of carbonyl (C=O) groups excluding carboxylic acids is 2. The molecule has 2 amide bonds. The summed E-state index contributed by atoms with van der Waals surface area (Å²) >= 11 is 12.4. The van der Waals surface area contributed by atoms with Crippen molar-refractivity contribution in [2.24, 2.45) is 28.8 Å². The van der Waals surface area contributed by atoms with E-state index in [0.717, 1.165) is 17.0 Å². The molecule has 2 aliphatic carbocycles. The summed E-state index contributed by atoms with van der Waals surface area (Å²) in [6.45, 7) is 2.57. The number of imide groups is 1. The number of carbonyl (C=O) groups is 2. The van der Waals surface area contributed by atoms with Crippen LogP contribution < -0.4 is 9.47 Å². The minimum absolute atomic E-state index is 0.146. The first-order valence-electron chi connectivity index (χ1n) is 10.9. The number of hydrogen-bond acceptors (Lipinski definition) is 5. The number of hydrogen-bond donors (Lipinski definition) is 0. The van der Waals surface area contributed by atoms with Crippen LogP contribution in [0.3, 0.4) is 0 Å². The van der Waals surface area contributed by atoms with Gasteiger partial charge in [-0.25, -0.2) is 0 Å². The number of hydrazone groups is 1. The van der Waals surface area contributed by atoms with E-state index in [2.05, 4.69) is 17.3 Å². The number of benzene rings is 2. The Balaban J connectivity index is 1.34. The Bertz CT molecular complexity index is 1130. The second-order valence-electron chi connectivity index (χ2n) is 8.41. The molecular formula is C25H22Cl2N2O4. The number of amides is 2. The molecule has 1 saturated heterocycles. The van der Waals surface area contributed by atoms with Crippen LogP contribution in [-0.4, -0.2) is 29.6 Å². The molecule has 0 spiro atoms. The Labute approximate surface area is 201 Å². The zero-order chi connectivity index (χ0) is 23.1. The number of ether oxygens (including phenoxy) is 2. The van der Waals surface area contributed by atoms with Gasteiger partial charge in [-0.2, -0.15) is 10.1 Å². The molecule has 1 heterocycles. The predicted molar refractivity (Wildman–Crippen MR) is 126 cm³/mol. The molecule has 4 atom stereocenters. The summed E-state index contributed by atoms with van der Waals surface area (Å²) in [7, 11) is 0. The highest BCUT2D eigenvalue weighted by atomic mass is 35.5. The molecule has 2 aromatic rings. The maximum Gasteiger partial charge on any atom is 0.254 e. The highest BCUT2D eigenvalue weighted by molar-refractivity contribution is 6.32. The molecule has 170 valence electrons. The van der Waals surface area contributed by atoms with E-state index in [4.69, 9.17) is 32.7 Å². The lowest BCUT2D eigenvalue weighted by Gasteiger charge is -2.15. The predicted octanol–water partition coefficient (Wildman–Crippen LogP) is 5.11. The fraction of sp³-hybridized carbons (Fsp3) is 0.320. The van der Waals surface area contributed by atoms with Gasteiger partial charge in [-0.05, 0) is 60.6 Å². The van der Waals surface area contributed by atoms with Crippen molar-refractivity contribution in [3.63, 3.8) is 0 Å². The van der Waals surface area contributed by atoms with Crippen molar-refractivity contribution >= 4 is 41.2 Å². The average Bonchev–Trinajstić information content (AvgIpc) is 3.47. The Morgan fingerprint density at radius 2 is 1.70 bits per heavy atom. The van der Waals surface area contributed by atoms with E-state index in [1.54, 1.807) is 24.3 Å². The smallest absolute Gasteiger partial charge is 0.254 e. The van der Waals surface area contributed by atoms with Crippen LogP contribution in [0.15, 0.2) is 53.7 Å². The summed E-state index contributed by atoms with van der Waals surface area (Å²) in [6, 6.07) is 10.7. The van der Waals surface area contributed by atoms with Gasteiger partial charge in [-0.15, -0.1) is 0 Å². The quantitative estimate of drug-likeness (QED) is 0.311. The number of halogens is 2. The fourth-order valence-electron chi connectivity index (χ4n) is 4.93. The van der Waals surface area contributed by atoms with E-state index in [1.165, 1.54) is 6.21 Å². The highest BCUT2D eigenvalue weighted by Crippen LogP contribution is 2.52. The summed E-state index contributed by atoms with van der Waals surface area (Å²) < 4.78 is 11.7. The first-order chi connectivity index (χ1) is 16.0. The minimum Gasteiger partial charge on any atom is -0.490 e. The van der Waals surface area contributed by atoms with E-state index < -0.39 is 0 Å². The number of nitrogens with zero attached hydrogens (tertiary/aromatic N) is 2. The summed E-state index contributed by atoms with van der Waals surface area (Å²) in [5, 5.41) is 6.23. The standard InChI is InChI=1S/C25H22Cl2N2O4/c1-2-32-20-10-15(9-19(27)23(20)33-13-14-3-7-18(26)8-4-14)12-28-29-24(30)21-16-5-6-17(11-16)22(21)25(29)31/h3-10,12,16-17,21-22H,2,11,13H2,1H3. The van der Waals surface area contributed by atoms with Gasteiger partial charge in [-0.1, -0.05) is 47.5 Å². The number of rotatable bonds is 7. The van der Waals surface area contributed by atoms with Crippen LogP contribution in [0.2, 0.25) is 10.0 Å². The van der Waals surface area contributed by atoms with Gasteiger partial charge in [0.15, 0.2) is 11.5 Å². The summed E-state index contributed by atoms with van der Waals surface area (Å²) in [5.41, 5.74) is 1.53. The van der Waals surface area contributed by atoms with Crippen molar-refractivity contribution < 1.29 is 19.1 Å². The molecule has 1 aliphatic heterocycles. The summed E-state index contributed by atoms with van der Waals surface area (Å²) in [6.07, 6.45) is 6.46. The average molecular weight is 485 g/mol. The highest BCUT2D eigenvalue weighted by Gasteiger charge is 2.59. The van der Waals surface area contributed by atoms with E-state index in [0.29, 0.717) is 40.3 Å². The summed E-state index contributed by atoms with van der Waals surface area (Å²) in [4.78, 5) is 25.6. The van der Waals surface area contributed by atoms with Crippen molar-refractivity contribution in [3.05, 3.63) is 69.7 Å². The van der Waals surface area contributed by atoms with Gasteiger partial charge in [0.1, 0.15) is 6.61 Å². The number of fused-ring (bicyclic) bond motifs is 5. The van der Waals surface area contributed by atoms with Crippen molar-refractivity contribution in [2.75, 3.05) is 6.61 Å². The molecule has 3 aliphatic rings. The van der Waals surface area contributed by atoms with Gasteiger partial charge in [-0.3, -0.25) is 9.59 Å². The molecule has 6 nitrogen and oxygen atoms in total. The van der Waals surface area contributed by atoms with Crippen molar-refractivity contribution in [2.45, 2.75) is 20.0 Å².